The standard InChI is InChI=1S/C53H61N5O10S2/c1-6-58(70(65,66)44-28-43-46(34-14-20-38(59)21-15-34)47(48(44)68-43)35-16-22-39(60)23-17-35)37-18-24-41(25-19-37)67-26-8-7-9-45(62)56-50(53(3,4)5)52(64)57-30-40(61)27-42(57)51(63)54-29-33-10-12-36(13-11-33)49-32(2)55-31-69-49/h10-25,31,40,42-44,48,50,59-61H,6-9,26-30H2,1-5H3,(H,54,63)(H,56,62). The van der Waals surface area contributed by atoms with Crippen LogP contribution in [0, 0.1) is 12.3 Å². The summed E-state index contributed by atoms with van der Waals surface area (Å²) in [4.78, 5) is 47.7. The molecule has 8 rings (SSSR count). The monoisotopic (exact) mass is 991 g/mol. The number of aliphatic hydroxyl groups excluding tert-OH is 1. The molecule has 0 radical (unpaired) electrons. The van der Waals surface area contributed by atoms with Gasteiger partial charge in [0.25, 0.3) is 0 Å². The lowest BCUT2D eigenvalue weighted by Gasteiger charge is -2.35. The Kier molecular flexibility index (Phi) is 15.0. The van der Waals surface area contributed by atoms with Crippen molar-refractivity contribution in [2.24, 2.45) is 5.41 Å². The number of amides is 3. The number of hydrogen-bond donors (Lipinski definition) is 5. The third-order valence-corrected chi connectivity index (χ3v) is 16.5. The molecule has 3 aliphatic heterocycles. The number of aliphatic hydroxyl groups is 1. The van der Waals surface area contributed by atoms with E-state index < -0.39 is 57.0 Å². The molecule has 70 heavy (non-hydrogen) atoms. The normalized spacial score (nSPS) is 20.4. The van der Waals surface area contributed by atoms with Crippen molar-refractivity contribution in [2.45, 2.75) is 109 Å². The van der Waals surface area contributed by atoms with Gasteiger partial charge in [-0.05, 0) is 120 Å². The molecule has 3 aliphatic rings. The first-order valence-corrected chi connectivity index (χ1v) is 26.1. The zero-order valence-electron chi connectivity index (χ0n) is 40.0. The Hall–Kier alpha value is -6.27. The van der Waals surface area contributed by atoms with Gasteiger partial charge in [0, 0.05) is 32.5 Å². The molecule has 1 aromatic heterocycles. The number of rotatable bonds is 18. The van der Waals surface area contributed by atoms with Crippen LogP contribution in [0.1, 0.15) is 82.2 Å². The van der Waals surface area contributed by atoms with Gasteiger partial charge in [-0.1, -0.05) is 69.3 Å². The number of ether oxygens (including phenoxy) is 2. The number of likely N-dealkylation sites (tertiary alicyclic amines) is 1. The van der Waals surface area contributed by atoms with Crippen molar-refractivity contribution in [3.05, 3.63) is 125 Å². The number of phenols is 2. The summed E-state index contributed by atoms with van der Waals surface area (Å²) in [5.74, 6) is -0.380. The molecule has 2 saturated heterocycles. The van der Waals surface area contributed by atoms with Crippen LogP contribution < -0.4 is 19.7 Å². The maximum Gasteiger partial charge on any atom is 0.246 e. The van der Waals surface area contributed by atoms with Gasteiger partial charge in [-0.15, -0.1) is 11.3 Å². The Morgan fingerprint density at radius 1 is 0.886 bits per heavy atom. The van der Waals surface area contributed by atoms with Gasteiger partial charge < -0.3 is 40.3 Å². The van der Waals surface area contributed by atoms with Gasteiger partial charge >= 0.3 is 0 Å². The molecule has 17 heteroatoms. The largest absolute Gasteiger partial charge is 0.508 e. The highest BCUT2D eigenvalue weighted by Crippen LogP contribution is 2.51. The van der Waals surface area contributed by atoms with Gasteiger partial charge in [0.05, 0.1) is 40.6 Å². The summed E-state index contributed by atoms with van der Waals surface area (Å²) in [6, 6.07) is 26.3. The summed E-state index contributed by atoms with van der Waals surface area (Å²) in [7, 11) is -3.95. The van der Waals surface area contributed by atoms with Crippen molar-refractivity contribution < 1.29 is 47.6 Å². The Bertz CT molecular complexity index is 2810. The van der Waals surface area contributed by atoms with E-state index in [4.69, 9.17) is 9.47 Å². The summed E-state index contributed by atoms with van der Waals surface area (Å²) in [6.45, 7) is 9.99. The lowest BCUT2D eigenvalue weighted by Crippen LogP contribution is -2.57. The molecule has 4 aromatic carbocycles. The highest BCUT2D eigenvalue weighted by molar-refractivity contribution is 7.93. The fraction of sp³-hybridized carbons (Fsp3) is 0.396. The molecular formula is C53H61N5O10S2. The molecule has 0 spiro atoms. The highest BCUT2D eigenvalue weighted by atomic mass is 32.2. The molecule has 2 bridgehead atoms. The molecular weight excluding hydrogens is 931 g/mol. The number of aromatic hydroxyl groups is 2. The number of nitrogens with zero attached hydrogens (tertiary/aromatic N) is 3. The Labute approximate surface area is 413 Å². The van der Waals surface area contributed by atoms with E-state index in [0.717, 1.165) is 44.0 Å². The zero-order valence-corrected chi connectivity index (χ0v) is 41.6. The number of phenolic OH excluding ortho intramolecular Hbond substituents is 2. The summed E-state index contributed by atoms with van der Waals surface area (Å²) >= 11 is 1.57. The molecule has 0 aliphatic carbocycles. The SMILES string of the molecule is CCN(c1ccc(OCCCCC(=O)NC(C(=O)N2CC(O)CC2C(=O)NCc2ccc(-c3scnc3C)cc2)C(C)(C)C)cc1)S(=O)(=O)C1CC2OC1C(c1ccc(O)cc1)=C2c1ccc(O)cc1. The molecule has 4 heterocycles. The number of thiazole rings is 1. The van der Waals surface area contributed by atoms with Crippen LogP contribution in [0.3, 0.4) is 0 Å². The highest BCUT2D eigenvalue weighted by Gasteiger charge is 2.54. The third-order valence-electron chi connectivity index (χ3n) is 13.2. The van der Waals surface area contributed by atoms with Crippen molar-refractivity contribution in [3.8, 4) is 27.7 Å². The topological polar surface area (TPSA) is 208 Å². The van der Waals surface area contributed by atoms with E-state index in [9.17, 15) is 38.1 Å². The van der Waals surface area contributed by atoms with Crippen LogP contribution in [0.25, 0.3) is 21.6 Å². The van der Waals surface area contributed by atoms with Crippen molar-refractivity contribution >= 4 is 55.9 Å². The van der Waals surface area contributed by atoms with E-state index in [2.05, 4.69) is 15.6 Å². The van der Waals surface area contributed by atoms with Gasteiger partial charge in [-0.25, -0.2) is 13.4 Å². The van der Waals surface area contributed by atoms with E-state index in [1.165, 1.54) is 9.21 Å². The van der Waals surface area contributed by atoms with Gasteiger partial charge in [0.15, 0.2) is 0 Å². The number of β-amino-alcohol motifs (C(OH)–C–C–N with tert-alkyl or cyclic N) is 1. The average Bonchev–Trinajstić information content (AvgIpc) is 4.15. The second-order valence-corrected chi connectivity index (χ2v) is 22.1. The molecule has 5 aromatic rings. The van der Waals surface area contributed by atoms with Crippen LogP contribution in [-0.2, 0) is 35.7 Å². The molecule has 15 nitrogen and oxygen atoms in total. The summed E-state index contributed by atoms with van der Waals surface area (Å²) in [5.41, 5.74) is 7.65. The Morgan fingerprint density at radius 3 is 2.11 bits per heavy atom. The van der Waals surface area contributed by atoms with E-state index in [1.807, 2.05) is 57.5 Å². The molecule has 3 amide bonds. The van der Waals surface area contributed by atoms with Gasteiger partial charge in [-0.2, -0.15) is 0 Å². The zero-order chi connectivity index (χ0) is 49.9. The van der Waals surface area contributed by atoms with Crippen molar-refractivity contribution in [3.63, 3.8) is 0 Å². The van der Waals surface area contributed by atoms with Crippen molar-refractivity contribution in [2.75, 3.05) is 24.0 Å². The van der Waals surface area contributed by atoms with Crippen LogP contribution in [-0.4, -0.2) is 107 Å². The minimum Gasteiger partial charge on any atom is -0.508 e. The molecule has 6 unspecified atom stereocenters. The second-order valence-electron chi connectivity index (χ2n) is 19.2. The second kappa shape index (κ2) is 21.0. The van der Waals surface area contributed by atoms with E-state index in [0.29, 0.717) is 30.9 Å². The van der Waals surface area contributed by atoms with Gasteiger partial charge in [0.2, 0.25) is 27.7 Å². The van der Waals surface area contributed by atoms with Gasteiger partial charge in [0.1, 0.15) is 40.7 Å². The molecule has 6 atom stereocenters. The first kappa shape index (κ1) is 50.1. The molecule has 0 saturated carbocycles. The van der Waals surface area contributed by atoms with Crippen LogP contribution in [0.4, 0.5) is 5.69 Å². The van der Waals surface area contributed by atoms with E-state index in [1.54, 1.807) is 91.1 Å². The van der Waals surface area contributed by atoms with E-state index in [-0.39, 0.29) is 62.2 Å². The minimum atomic E-state index is -3.95. The summed E-state index contributed by atoms with van der Waals surface area (Å²) < 4.78 is 42.8. The number of unbranched alkanes of at least 4 members (excludes halogenated alkanes) is 1. The number of fused-ring (bicyclic) bond motifs is 2. The van der Waals surface area contributed by atoms with E-state index >= 15 is 0 Å². The lowest BCUT2D eigenvalue weighted by atomic mass is 9.83. The predicted octanol–water partition coefficient (Wildman–Crippen LogP) is 7.19. The molecule has 2 fully saturated rings. The van der Waals surface area contributed by atoms with Crippen LogP contribution in [0.2, 0.25) is 0 Å². The van der Waals surface area contributed by atoms with Gasteiger partial charge in [-0.3, -0.25) is 18.7 Å². The maximum absolute atomic E-state index is 14.5. The average molecular weight is 992 g/mol. The predicted molar refractivity (Wildman–Crippen MR) is 269 cm³/mol. The summed E-state index contributed by atoms with van der Waals surface area (Å²) in [5, 5.41) is 35.6. The first-order valence-electron chi connectivity index (χ1n) is 23.7. The Morgan fingerprint density at radius 2 is 1.51 bits per heavy atom. The number of anilines is 1. The number of benzene rings is 4. The van der Waals surface area contributed by atoms with Crippen molar-refractivity contribution in [1.82, 2.24) is 20.5 Å². The fourth-order valence-corrected chi connectivity index (χ4v) is 12.5. The number of nitrogens with one attached hydrogen (secondary N) is 2. The third kappa shape index (κ3) is 10.9. The van der Waals surface area contributed by atoms with Crippen LogP contribution in [0.5, 0.6) is 17.2 Å². The quantitative estimate of drug-likeness (QED) is 0.0555. The molecule has 5 N–H and O–H groups in total. The summed E-state index contributed by atoms with van der Waals surface area (Å²) in [6.07, 6.45) is -0.657. The van der Waals surface area contributed by atoms with Crippen LogP contribution in [0.15, 0.2) is 103 Å². The number of sulfonamides is 1. The maximum atomic E-state index is 14.5. The molecule has 370 valence electrons. The number of hydrogen-bond acceptors (Lipinski definition) is 12. The number of carbonyl (C=O) groups is 3. The Balaban J connectivity index is 0.825. The number of carbonyl (C=O) groups excluding carboxylic acids is 3. The fourth-order valence-electron chi connectivity index (χ4n) is 9.61. The minimum absolute atomic E-state index is 0.0203. The number of aromatic nitrogens is 1. The first-order chi connectivity index (χ1) is 33.4. The van der Waals surface area contributed by atoms with Crippen molar-refractivity contribution in [1.29, 1.82) is 0 Å². The van der Waals surface area contributed by atoms with Crippen LogP contribution >= 0.6 is 11.3 Å². The lowest BCUT2D eigenvalue weighted by molar-refractivity contribution is -0.144. The smallest absolute Gasteiger partial charge is 0.246 e. The number of aryl methyl sites for hydroxylation is 1.